The van der Waals surface area contributed by atoms with E-state index in [0.29, 0.717) is 5.57 Å². The summed E-state index contributed by atoms with van der Waals surface area (Å²) in [6.07, 6.45) is 10.0. The third-order valence-electron chi connectivity index (χ3n) is 4.26. The average Bonchev–Trinajstić information content (AvgIpc) is 2.57. The van der Waals surface area contributed by atoms with Crippen molar-refractivity contribution in [2.45, 2.75) is 25.9 Å². The van der Waals surface area contributed by atoms with Crippen LogP contribution in [-0.4, -0.2) is 31.8 Å². The molecule has 0 amide bonds. The van der Waals surface area contributed by atoms with Gasteiger partial charge in [-0.25, -0.2) is 0 Å². The number of aliphatic hydroxyl groups excluding tert-OH is 1. The quantitative estimate of drug-likeness (QED) is 0.373. The Morgan fingerprint density at radius 2 is 2.00 bits per heavy atom. The van der Waals surface area contributed by atoms with Gasteiger partial charge < -0.3 is 20.4 Å². The van der Waals surface area contributed by atoms with E-state index < -0.39 is 17.3 Å². The zero-order valence-corrected chi connectivity index (χ0v) is 14.2. The van der Waals surface area contributed by atoms with Gasteiger partial charge in [0.2, 0.25) is 0 Å². The Morgan fingerprint density at radius 1 is 1.28 bits per heavy atom. The number of benzene rings is 1. The smallest absolute Gasteiger partial charge is 0.189 e. The van der Waals surface area contributed by atoms with Gasteiger partial charge in [0.25, 0.3) is 0 Å². The molecule has 0 bridgehead atoms. The Labute approximate surface area is 146 Å². The van der Waals surface area contributed by atoms with Crippen LogP contribution in [0.25, 0.3) is 0 Å². The minimum Gasteiger partial charge on any atom is -0.508 e. The summed E-state index contributed by atoms with van der Waals surface area (Å²) in [5.41, 5.74) is -0.978. The predicted molar refractivity (Wildman–Crippen MR) is 95.6 cm³/mol. The predicted octanol–water partition coefficient (Wildman–Crippen LogP) is 3.55. The largest absolute Gasteiger partial charge is 0.508 e. The zero-order chi connectivity index (χ0) is 18.6. The number of phenolic OH excluding ortho intramolecular Hbond substituents is 2. The number of aliphatic hydroxyl groups is 2. The first kappa shape index (κ1) is 18.5. The van der Waals surface area contributed by atoms with Crippen molar-refractivity contribution >= 4 is 5.78 Å². The summed E-state index contributed by atoms with van der Waals surface area (Å²) in [7, 11) is 0. The van der Waals surface area contributed by atoms with Gasteiger partial charge in [0.05, 0.1) is 5.56 Å². The number of ketones is 1. The molecule has 4 N–H and O–H groups in total. The summed E-state index contributed by atoms with van der Waals surface area (Å²) in [6, 6.07) is 3.73. The molecule has 1 aliphatic carbocycles. The van der Waals surface area contributed by atoms with Crippen LogP contribution < -0.4 is 0 Å². The van der Waals surface area contributed by atoms with Crippen molar-refractivity contribution in [2.24, 2.45) is 5.92 Å². The lowest BCUT2D eigenvalue weighted by atomic mass is 9.77. The van der Waals surface area contributed by atoms with Crippen LogP contribution in [0.3, 0.4) is 0 Å². The van der Waals surface area contributed by atoms with E-state index >= 15 is 0 Å². The Morgan fingerprint density at radius 3 is 2.64 bits per heavy atom. The van der Waals surface area contributed by atoms with E-state index in [0.717, 1.165) is 12.5 Å². The van der Waals surface area contributed by atoms with Crippen molar-refractivity contribution in [1.82, 2.24) is 0 Å². The molecule has 5 heteroatoms. The molecule has 2 unspecified atom stereocenters. The number of aromatic hydroxyl groups is 2. The summed E-state index contributed by atoms with van der Waals surface area (Å²) in [5.74, 6) is -1.46. The van der Waals surface area contributed by atoms with Crippen molar-refractivity contribution in [3.05, 3.63) is 71.6 Å². The minimum atomic E-state index is -1.43. The molecule has 0 aromatic heterocycles. The first-order chi connectivity index (χ1) is 11.8. The molecular formula is C20H22O5. The third kappa shape index (κ3) is 3.83. The van der Waals surface area contributed by atoms with Crippen molar-refractivity contribution in [3.8, 4) is 11.5 Å². The second kappa shape index (κ2) is 7.40. The van der Waals surface area contributed by atoms with E-state index in [-0.39, 0.29) is 22.8 Å². The van der Waals surface area contributed by atoms with Gasteiger partial charge in [0.1, 0.15) is 22.9 Å². The molecule has 0 saturated carbocycles. The van der Waals surface area contributed by atoms with Gasteiger partial charge in [-0.1, -0.05) is 31.2 Å². The lowest BCUT2D eigenvalue weighted by molar-refractivity contribution is 0.0944. The van der Waals surface area contributed by atoms with E-state index in [4.69, 9.17) is 0 Å². The SMILES string of the molecule is CCC=CC1(O)C(C)=C(O)C=CC1C=CC(=O)c1ccc(O)cc1O. The summed E-state index contributed by atoms with van der Waals surface area (Å²) in [6.45, 7) is 3.56. The van der Waals surface area contributed by atoms with Crippen LogP contribution in [0.5, 0.6) is 11.5 Å². The first-order valence-electron chi connectivity index (χ1n) is 8.02. The van der Waals surface area contributed by atoms with E-state index in [1.54, 1.807) is 25.2 Å². The van der Waals surface area contributed by atoms with Crippen LogP contribution in [-0.2, 0) is 0 Å². The van der Waals surface area contributed by atoms with Gasteiger partial charge in [0, 0.05) is 17.6 Å². The molecular weight excluding hydrogens is 320 g/mol. The monoisotopic (exact) mass is 342 g/mol. The average molecular weight is 342 g/mol. The fraction of sp³-hybridized carbons (Fsp3) is 0.250. The number of allylic oxidation sites excluding steroid dienone is 3. The molecule has 2 rings (SSSR count). The maximum Gasteiger partial charge on any atom is 0.189 e. The fourth-order valence-electron chi connectivity index (χ4n) is 2.68. The van der Waals surface area contributed by atoms with Crippen LogP contribution in [0.15, 0.2) is 66.0 Å². The molecule has 25 heavy (non-hydrogen) atoms. The molecule has 0 radical (unpaired) electrons. The summed E-state index contributed by atoms with van der Waals surface area (Å²) < 4.78 is 0. The number of carbonyl (C=O) groups excluding carboxylic acids is 1. The van der Waals surface area contributed by atoms with Crippen LogP contribution in [0, 0.1) is 5.92 Å². The number of hydrogen-bond donors (Lipinski definition) is 4. The fourth-order valence-corrected chi connectivity index (χ4v) is 2.68. The highest BCUT2D eigenvalue weighted by molar-refractivity contribution is 6.06. The molecule has 0 fully saturated rings. The number of hydrogen-bond acceptors (Lipinski definition) is 5. The third-order valence-corrected chi connectivity index (χ3v) is 4.26. The molecule has 5 nitrogen and oxygen atoms in total. The Hall–Kier alpha value is -2.79. The molecule has 1 aromatic rings. The van der Waals surface area contributed by atoms with E-state index in [1.807, 2.05) is 6.92 Å². The second-order valence-electron chi connectivity index (χ2n) is 5.96. The topological polar surface area (TPSA) is 98.0 Å². The summed E-state index contributed by atoms with van der Waals surface area (Å²) in [4.78, 5) is 12.3. The zero-order valence-electron chi connectivity index (χ0n) is 14.2. The molecule has 0 aliphatic heterocycles. The summed E-state index contributed by atoms with van der Waals surface area (Å²) >= 11 is 0. The lowest BCUT2D eigenvalue weighted by Gasteiger charge is -2.34. The standard InChI is InChI=1S/C20H22O5/c1-3-4-11-20(25)13(2)17(22)9-5-14(20)6-10-18(23)16-8-7-15(21)12-19(16)24/h4-12,14,21-22,24-25H,3H2,1-2H3. The van der Waals surface area contributed by atoms with Gasteiger partial charge in [-0.15, -0.1) is 0 Å². The maximum atomic E-state index is 12.3. The van der Waals surface area contributed by atoms with Gasteiger partial charge in [-0.3, -0.25) is 4.79 Å². The number of rotatable bonds is 5. The van der Waals surface area contributed by atoms with Crippen molar-refractivity contribution < 1.29 is 25.2 Å². The Balaban J connectivity index is 2.31. The lowest BCUT2D eigenvalue weighted by Crippen LogP contribution is -2.38. The van der Waals surface area contributed by atoms with Crippen molar-refractivity contribution in [1.29, 1.82) is 0 Å². The molecule has 1 aromatic carbocycles. The minimum absolute atomic E-state index is 0.00425. The van der Waals surface area contributed by atoms with Gasteiger partial charge in [-0.2, -0.15) is 0 Å². The molecule has 132 valence electrons. The molecule has 2 atom stereocenters. The maximum absolute atomic E-state index is 12.3. The highest BCUT2D eigenvalue weighted by atomic mass is 16.3. The van der Waals surface area contributed by atoms with Crippen molar-refractivity contribution in [3.63, 3.8) is 0 Å². The van der Waals surface area contributed by atoms with Crippen LogP contribution in [0.2, 0.25) is 0 Å². The first-order valence-corrected chi connectivity index (χ1v) is 8.02. The van der Waals surface area contributed by atoms with Gasteiger partial charge in [-0.05, 0) is 37.6 Å². The Kier molecular flexibility index (Phi) is 5.49. The number of carbonyl (C=O) groups is 1. The van der Waals surface area contributed by atoms with E-state index in [1.165, 1.54) is 30.4 Å². The van der Waals surface area contributed by atoms with E-state index in [9.17, 15) is 25.2 Å². The Bertz CT molecular complexity index is 785. The second-order valence-corrected chi connectivity index (χ2v) is 5.96. The molecule has 1 aliphatic rings. The summed E-state index contributed by atoms with van der Waals surface area (Å²) in [5, 5.41) is 39.9. The van der Waals surface area contributed by atoms with Crippen LogP contribution in [0.4, 0.5) is 0 Å². The van der Waals surface area contributed by atoms with Crippen molar-refractivity contribution in [2.75, 3.05) is 0 Å². The molecule has 0 saturated heterocycles. The van der Waals surface area contributed by atoms with Crippen LogP contribution in [0.1, 0.15) is 30.6 Å². The normalized spacial score (nSPS) is 23.7. The van der Waals surface area contributed by atoms with Gasteiger partial charge in [0.15, 0.2) is 5.78 Å². The van der Waals surface area contributed by atoms with E-state index in [2.05, 4.69) is 0 Å². The highest BCUT2D eigenvalue weighted by Gasteiger charge is 2.37. The molecule has 0 heterocycles. The van der Waals surface area contributed by atoms with Crippen LogP contribution >= 0.6 is 0 Å². The van der Waals surface area contributed by atoms with Gasteiger partial charge >= 0.3 is 0 Å². The molecule has 0 spiro atoms. The highest BCUT2D eigenvalue weighted by Crippen LogP contribution is 2.35. The number of phenols is 2.